The minimum Gasteiger partial charge on any atom is -0.296 e. The van der Waals surface area contributed by atoms with Crippen LogP contribution in [0.25, 0.3) is 0 Å². The largest absolute Gasteiger partial charge is 0.296 e. The van der Waals surface area contributed by atoms with Crippen molar-refractivity contribution < 1.29 is 0 Å². The number of aliphatic imine (C=N–C) groups is 1. The molecule has 0 heterocycles. The molecule has 0 aromatic rings. The van der Waals surface area contributed by atoms with Gasteiger partial charge in [-0.25, -0.2) is 0 Å². The first-order valence-corrected chi connectivity index (χ1v) is 3.51. The first-order valence-electron chi connectivity index (χ1n) is 3.51. The fourth-order valence-electron chi connectivity index (χ4n) is 0.646. The maximum absolute atomic E-state index is 3.90. The van der Waals surface area contributed by atoms with Crippen LogP contribution >= 0.6 is 0 Å². The Morgan fingerprint density at radius 1 is 1.50 bits per heavy atom. The molecule has 0 radical (unpaired) electrons. The number of rotatable bonds is 3. The second-order valence-corrected chi connectivity index (χ2v) is 2.14. The minimum atomic E-state index is 1.01. The first-order chi connectivity index (χ1) is 4.81. The molecule has 0 fully saturated rings. The van der Waals surface area contributed by atoms with Crippen molar-refractivity contribution in [1.82, 2.24) is 0 Å². The Morgan fingerprint density at radius 2 is 2.20 bits per heavy atom. The average molecular weight is 137 g/mol. The fraction of sp³-hybridized carbons (Fsp3) is 0.444. The van der Waals surface area contributed by atoms with Gasteiger partial charge < -0.3 is 0 Å². The molecule has 0 aliphatic heterocycles. The van der Waals surface area contributed by atoms with Crippen molar-refractivity contribution in [1.29, 1.82) is 0 Å². The van der Waals surface area contributed by atoms with E-state index >= 15 is 0 Å². The molecule has 0 saturated heterocycles. The molecule has 56 valence electrons. The lowest BCUT2D eigenvalue weighted by atomic mass is 10.2. The van der Waals surface area contributed by atoms with Gasteiger partial charge >= 0.3 is 0 Å². The number of allylic oxidation sites excluding steroid dienone is 4. The van der Waals surface area contributed by atoms with Crippen LogP contribution < -0.4 is 0 Å². The molecule has 0 unspecified atom stereocenters. The third-order valence-electron chi connectivity index (χ3n) is 1.14. The SMILES string of the molecule is C/C=C/CC=C(C)C=NC. The van der Waals surface area contributed by atoms with Crippen LogP contribution in [-0.2, 0) is 0 Å². The van der Waals surface area contributed by atoms with E-state index in [1.807, 2.05) is 19.2 Å². The molecule has 10 heavy (non-hydrogen) atoms. The van der Waals surface area contributed by atoms with Crippen LogP contribution in [0, 0.1) is 0 Å². The molecule has 0 amide bonds. The van der Waals surface area contributed by atoms with Crippen molar-refractivity contribution in [3.63, 3.8) is 0 Å². The van der Waals surface area contributed by atoms with Crippen molar-refractivity contribution in [2.45, 2.75) is 20.3 Å². The van der Waals surface area contributed by atoms with Gasteiger partial charge in [0.2, 0.25) is 0 Å². The fourth-order valence-corrected chi connectivity index (χ4v) is 0.646. The van der Waals surface area contributed by atoms with Gasteiger partial charge in [-0.2, -0.15) is 0 Å². The van der Waals surface area contributed by atoms with E-state index in [-0.39, 0.29) is 0 Å². The topological polar surface area (TPSA) is 12.4 Å². The summed E-state index contributed by atoms with van der Waals surface area (Å²) < 4.78 is 0. The Kier molecular flexibility index (Phi) is 5.74. The lowest BCUT2D eigenvalue weighted by Crippen LogP contribution is -1.75. The van der Waals surface area contributed by atoms with Gasteiger partial charge in [0.05, 0.1) is 0 Å². The van der Waals surface area contributed by atoms with Crippen LogP contribution in [0.5, 0.6) is 0 Å². The van der Waals surface area contributed by atoms with Crippen LogP contribution in [-0.4, -0.2) is 13.3 Å². The molecule has 1 nitrogen and oxygen atoms in total. The van der Waals surface area contributed by atoms with Gasteiger partial charge in [0.15, 0.2) is 0 Å². The molecular weight excluding hydrogens is 122 g/mol. The maximum Gasteiger partial charge on any atom is 0.0277 e. The summed E-state index contributed by atoms with van der Waals surface area (Å²) in [5.74, 6) is 0. The quantitative estimate of drug-likeness (QED) is 0.419. The van der Waals surface area contributed by atoms with Gasteiger partial charge in [-0.05, 0) is 25.8 Å². The summed E-state index contributed by atoms with van der Waals surface area (Å²) >= 11 is 0. The molecule has 0 N–H and O–H groups in total. The van der Waals surface area contributed by atoms with Crippen molar-refractivity contribution >= 4 is 6.21 Å². The zero-order chi connectivity index (χ0) is 7.82. The smallest absolute Gasteiger partial charge is 0.0277 e. The molecule has 0 spiro atoms. The number of hydrogen-bond donors (Lipinski definition) is 0. The van der Waals surface area contributed by atoms with Gasteiger partial charge in [0.1, 0.15) is 0 Å². The first kappa shape index (κ1) is 9.15. The van der Waals surface area contributed by atoms with Crippen molar-refractivity contribution in [2.75, 3.05) is 7.05 Å². The van der Waals surface area contributed by atoms with Crippen molar-refractivity contribution in [3.8, 4) is 0 Å². The van der Waals surface area contributed by atoms with E-state index in [1.54, 1.807) is 7.05 Å². The molecule has 0 aliphatic rings. The monoisotopic (exact) mass is 137 g/mol. The highest BCUT2D eigenvalue weighted by molar-refractivity contribution is 5.77. The predicted octanol–water partition coefficient (Wildman–Crippen LogP) is 2.60. The summed E-state index contributed by atoms with van der Waals surface area (Å²) in [7, 11) is 1.78. The Hall–Kier alpha value is -0.850. The van der Waals surface area contributed by atoms with E-state index in [1.165, 1.54) is 5.57 Å². The third-order valence-corrected chi connectivity index (χ3v) is 1.14. The normalized spacial score (nSPS) is 13.7. The minimum absolute atomic E-state index is 1.01. The molecule has 1 heteroatoms. The van der Waals surface area contributed by atoms with Crippen LogP contribution in [0.3, 0.4) is 0 Å². The Balaban J connectivity index is 3.68. The molecule has 0 bridgehead atoms. The molecule has 0 aliphatic carbocycles. The Labute approximate surface area is 63.2 Å². The second kappa shape index (κ2) is 6.27. The van der Waals surface area contributed by atoms with Crippen LogP contribution in [0.1, 0.15) is 20.3 Å². The molecule has 0 rings (SSSR count). The lowest BCUT2D eigenvalue weighted by Gasteiger charge is -1.86. The Morgan fingerprint density at radius 3 is 2.70 bits per heavy atom. The zero-order valence-electron chi connectivity index (χ0n) is 6.96. The summed E-state index contributed by atoms with van der Waals surface area (Å²) in [6, 6.07) is 0. The zero-order valence-corrected chi connectivity index (χ0v) is 6.96. The van der Waals surface area contributed by atoms with E-state index < -0.39 is 0 Å². The summed E-state index contributed by atoms with van der Waals surface area (Å²) in [6.07, 6.45) is 9.19. The molecule has 0 saturated carbocycles. The third kappa shape index (κ3) is 5.29. The highest BCUT2D eigenvalue weighted by Crippen LogP contribution is 1.92. The van der Waals surface area contributed by atoms with Crippen molar-refractivity contribution in [3.05, 3.63) is 23.8 Å². The van der Waals surface area contributed by atoms with E-state index in [4.69, 9.17) is 0 Å². The van der Waals surface area contributed by atoms with E-state index in [9.17, 15) is 0 Å². The summed E-state index contributed by atoms with van der Waals surface area (Å²) in [5.41, 5.74) is 1.22. The molecule has 0 atom stereocenters. The summed E-state index contributed by atoms with van der Waals surface area (Å²) in [6.45, 7) is 4.08. The second-order valence-electron chi connectivity index (χ2n) is 2.14. The summed E-state index contributed by atoms with van der Waals surface area (Å²) in [4.78, 5) is 3.90. The van der Waals surface area contributed by atoms with Crippen molar-refractivity contribution in [2.24, 2.45) is 4.99 Å². The van der Waals surface area contributed by atoms with Crippen LogP contribution in [0.15, 0.2) is 28.8 Å². The predicted molar refractivity (Wildman–Crippen MR) is 47.6 cm³/mol. The number of nitrogens with zero attached hydrogens (tertiary/aromatic N) is 1. The number of hydrogen-bond acceptors (Lipinski definition) is 1. The van der Waals surface area contributed by atoms with Gasteiger partial charge in [-0.1, -0.05) is 18.2 Å². The van der Waals surface area contributed by atoms with Gasteiger partial charge in [0, 0.05) is 13.3 Å². The van der Waals surface area contributed by atoms with E-state index in [0.717, 1.165) is 6.42 Å². The van der Waals surface area contributed by atoms with E-state index in [0.29, 0.717) is 0 Å². The van der Waals surface area contributed by atoms with Gasteiger partial charge in [-0.3, -0.25) is 4.99 Å². The Bertz CT molecular complexity index is 152. The van der Waals surface area contributed by atoms with E-state index in [2.05, 4.69) is 24.1 Å². The average Bonchev–Trinajstić information content (AvgIpc) is 1.89. The lowest BCUT2D eigenvalue weighted by molar-refractivity contribution is 1.33. The molecular formula is C9H15N. The van der Waals surface area contributed by atoms with Gasteiger partial charge in [0.25, 0.3) is 0 Å². The molecule has 0 aromatic carbocycles. The highest BCUT2D eigenvalue weighted by atomic mass is 14.6. The van der Waals surface area contributed by atoms with Crippen LogP contribution in [0.4, 0.5) is 0 Å². The standard InChI is InChI=1S/C9H15N/c1-4-5-6-7-9(2)8-10-3/h4-5,7-8H,6H2,1-3H3/b5-4+,9-7?,10-8?. The maximum atomic E-state index is 3.90. The van der Waals surface area contributed by atoms with Crippen LogP contribution in [0.2, 0.25) is 0 Å². The summed E-state index contributed by atoms with van der Waals surface area (Å²) in [5, 5.41) is 0. The highest BCUT2D eigenvalue weighted by Gasteiger charge is 1.77. The van der Waals surface area contributed by atoms with Gasteiger partial charge in [-0.15, -0.1) is 0 Å². The molecule has 0 aromatic heterocycles.